The Morgan fingerprint density at radius 3 is 2.61 bits per heavy atom. The second-order valence-corrected chi connectivity index (χ2v) is 7.08. The van der Waals surface area contributed by atoms with Crippen LogP contribution in [0.2, 0.25) is 0 Å². The van der Waals surface area contributed by atoms with Crippen molar-refractivity contribution in [2.75, 3.05) is 24.7 Å². The first kappa shape index (κ1) is 22.3. The normalized spacial score (nSPS) is 11.3. The minimum atomic E-state index is -4.84. The van der Waals surface area contributed by atoms with Gasteiger partial charge in [0.1, 0.15) is 11.4 Å². The summed E-state index contributed by atoms with van der Waals surface area (Å²) in [6.07, 6.45) is -3.80. The third-order valence-electron chi connectivity index (χ3n) is 4.23. The molecule has 3 aromatic rings. The predicted molar refractivity (Wildman–Crippen MR) is 106 cm³/mol. The Morgan fingerprint density at radius 1 is 1.23 bits per heavy atom. The van der Waals surface area contributed by atoms with Crippen molar-refractivity contribution in [1.29, 1.82) is 0 Å². The van der Waals surface area contributed by atoms with E-state index >= 15 is 0 Å². The lowest BCUT2D eigenvalue weighted by Gasteiger charge is -2.09. The Kier molecular flexibility index (Phi) is 6.29. The zero-order valence-corrected chi connectivity index (χ0v) is 17.0. The molecule has 12 heteroatoms. The van der Waals surface area contributed by atoms with Crippen LogP contribution < -0.4 is 16.0 Å². The van der Waals surface area contributed by atoms with Crippen LogP contribution >= 0.6 is 11.3 Å². The van der Waals surface area contributed by atoms with E-state index in [0.717, 1.165) is 17.4 Å². The second-order valence-electron chi connectivity index (χ2n) is 6.22. The number of furan rings is 1. The lowest BCUT2D eigenvalue weighted by molar-refractivity contribution is -0.139. The van der Waals surface area contributed by atoms with Crippen LogP contribution in [-0.4, -0.2) is 30.9 Å². The van der Waals surface area contributed by atoms with E-state index in [9.17, 15) is 27.2 Å². The first-order valence-electron chi connectivity index (χ1n) is 8.77. The lowest BCUT2D eigenvalue weighted by atomic mass is 10.1. The van der Waals surface area contributed by atoms with Crippen molar-refractivity contribution >= 4 is 34.2 Å². The molecule has 0 radical (unpaired) electrons. The summed E-state index contributed by atoms with van der Waals surface area (Å²) in [6, 6.07) is 2.89. The maximum atomic E-state index is 14.3. The van der Waals surface area contributed by atoms with Crippen LogP contribution in [0.1, 0.15) is 21.5 Å². The van der Waals surface area contributed by atoms with Crippen molar-refractivity contribution < 1.29 is 31.6 Å². The van der Waals surface area contributed by atoms with Crippen molar-refractivity contribution in [2.45, 2.75) is 12.6 Å². The first-order valence-corrected chi connectivity index (χ1v) is 9.65. The first-order chi connectivity index (χ1) is 14.7. The number of amides is 2. The number of carbonyl (C=O) groups is 2. The lowest BCUT2D eigenvalue weighted by Crippen LogP contribution is -2.22. The summed E-state index contributed by atoms with van der Waals surface area (Å²) in [5.41, 5.74) is -1.28. The van der Waals surface area contributed by atoms with Crippen LogP contribution in [0.3, 0.4) is 0 Å². The molecule has 1 aromatic carbocycles. The molecule has 0 atom stereocenters. The molecule has 0 fully saturated rings. The summed E-state index contributed by atoms with van der Waals surface area (Å²) in [7, 11) is 2.99. The van der Waals surface area contributed by atoms with Gasteiger partial charge < -0.3 is 20.4 Å². The topological polar surface area (TPSA) is 96.3 Å². The molecule has 0 unspecified atom stereocenters. The number of halogens is 4. The van der Waals surface area contributed by atoms with Gasteiger partial charge in [0.2, 0.25) is 11.8 Å². The van der Waals surface area contributed by atoms with Crippen LogP contribution in [0.5, 0.6) is 0 Å². The highest BCUT2D eigenvalue weighted by molar-refractivity contribution is 7.14. The van der Waals surface area contributed by atoms with Crippen LogP contribution in [0, 0.1) is 5.82 Å². The molecule has 0 saturated heterocycles. The van der Waals surface area contributed by atoms with Gasteiger partial charge in [-0.15, -0.1) is 11.3 Å². The monoisotopic (exact) mass is 456 g/mol. The Labute approximate surface area is 177 Å². The number of nitrogens with one attached hydrogen (secondary N) is 3. The van der Waals surface area contributed by atoms with Crippen LogP contribution in [0.4, 0.5) is 28.6 Å². The van der Waals surface area contributed by atoms with Gasteiger partial charge in [-0.1, -0.05) is 6.07 Å². The summed E-state index contributed by atoms with van der Waals surface area (Å²) in [4.78, 5) is 28.4. The molecule has 164 valence electrons. The summed E-state index contributed by atoms with van der Waals surface area (Å²) >= 11 is 0.924. The van der Waals surface area contributed by atoms with E-state index < -0.39 is 29.4 Å². The molecule has 3 N–H and O–H groups in total. The molecule has 2 amide bonds. The number of hydrogen-bond donors (Lipinski definition) is 3. The molecule has 3 rings (SSSR count). The van der Waals surface area contributed by atoms with E-state index in [2.05, 4.69) is 20.9 Å². The average Bonchev–Trinajstić information content (AvgIpc) is 3.33. The number of thiazole rings is 1. The molecule has 2 heterocycles. The van der Waals surface area contributed by atoms with Gasteiger partial charge in [0, 0.05) is 30.6 Å². The number of anilines is 2. The zero-order chi connectivity index (χ0) is 22.8. The molecular formula is C19H16F4N4O3S. The van der Waals surface area contributed by atoms with Gasteiger partial charge >= 0.3 is 6.18 Å². The Balaban J connectivity index is 1.78. The molecule has 0 saturated carbocycles. The van der Waals surface area contributed by atoms with Gasteiger partial charge in [-0.2, -0.15) is 13.2 Å². The molecule has 7 nitrogen and oxygen atoms in total. The molecular weight excluding hydrogens is 440 g/mol. The van der Waals surface area contributed by atoms with Crippen molar-refractivity contribution in [3.05, 3.63) is 52.3 Å². The van der Waals surface area contributed by atoms with E-state index in [4.69, 9.17) is 4.42 Å². The highest BCUT2D eigenvalue weighted by atomic mass is 32.1. The fourth-order valence-electron chi connectivity index (χ4n) is 2.82. The van der Waals surface area contributed by atoms with E-state index in [1.54, 1.807) is 7.05 Å². The SMILES string of the molecule is CNC(=O)c1c(CC(=O)Nc2nc(-c3cccc(C(F)(F)F)c3F)cs2)coc1NC. The van der Waals surface area contributed by atoms with E-state index in [-0.39, 0.29) is 34.3 Å². The van der Waals surface area contributed by atoms with Gasteiger partial charge in [-0.25, -0.2) is 9.37 Å². The Morgan fingerprint density at radius 2 is 1.97 bits per heavy atom. The number of hydrogen-bond acceptors (Lipinski definition) is 6. The van der Waals surface area contributed by atoms with Crippen molar-refractivity contribution in [1.82, 2.24) is 10.3 Å². The van der Waals surface area contributed by atoms with Gasteiger partial charge in [0.15, 0.2) is 5.13 Å². The van der Waals surface area contributed by atoms with Crippen LogP contribution in [0.15, 0.2) is 34.3 Å². The summed E-state index contributed by atoms with van der Waals surface area (Å²) < 4.78 is 58.3. The second kappa shape index (κ2) is 8.76. The maximum absolute atomic E-state index is 14.3. The van der Waals surface area contributed by atoms with Crippen molar-refractivity contribution in [2.24, 2.45) is 0 Å². The number of aromatic nitrogens is 1. The van der Waals surface area contributed by atoms with Crippen LogP contribution in [-0.2, 0) is 17.4 Å². The van der Waals surface area contributed by atoms with Gasteiger partial charge in [-0.05, 0) is 12.1 Å². The third kappa shape index (κ3) is 4.68. The molecule has 0 spiro atoms. The molecule has 2 aromatic heterocycles. The average molecular weight is 456 g/mol. The number of carbonyl (C=O) groups excluding carboxylic acids is 2. The summed E-state index contributed by atoms with van der Waals surface area (Å²) in [5, 5.41) is 9.05. The Hall–Kier alpha value is -3.41. The fourth-order valence-corrected chi connectivity index (χ4v) is 3.55. The fraction of sp³-hybridized carbons (Fsp3) is 0.211. The van der Waals surface area contributed by atoms with E-state index in [1.165, 1.54) is 24.8 Å². The van der Waals surface area contributed by atoms with Crippen LogP contribution in [0.25, 0.3) is 11.3 Å². The molecule has 0 aliphatic rings. The Bertz CT molecular complexity index is 1120. The molecule has 31 heavy (non-hydrogen) atoms. The van der Waals surface area contributed by atoms with Gasteiger partial charge in [-0.3, -0.25) is 9.59 Å². The highest BCUT2D eigenvalue weighted by Gasteiger charge is 2.35. The number of alkyl halides is 3. The number of rotatable bonds is 6. The largest absolute Gasteiger partial charge is 0.448 e. The number of benzene rings is 1. The standard InChI is InChI=1S/C19H16F4N4O3S/c1-24-16(29)14-9(7-30-17(14)25-2)6-13(28)27-18-26-12(8-31-18)10-4-3-5-11(15(10)20)19(21,22)23/h3-5,7-8,25H,6H2,1-2H3,(H,24,29)(H,26,27,28). The summed E-state index contributed by atoms with van der Waals surface area (Å²) in [5.74, 6) is -2.23. The molecule has 0 aliphatic heterocycles. The van der Waals surface area contributed by atoms with E-state index in [0.29, 0.717) is 11.6 Å². The van der Waals surface area contributed by atoms with Gasteiger partial charge in [0.25, 0.3) is 5.91 Å². The minimum Gasteiger partial charge on any atom is -0.448 e. The van der Waals surface area contributed by atoms with Crippen molar-refractivity contribution in [3.63, 3.8) is 0 Å². The maximum Gasteiger partial charge on any atom is 0.419 e. The highest BCUT2D eigenvalue weighted by Crippen LogP contribution is 2.36. The van der Waals surface area contributed by atoms with E-state index in [1.807, 2.05) is 0 Å². The quantitative estimate of drug-likeness (QED) is 0.485. The molecule has 0 bridgehead atoms. The summed E-state index contributed by atoms with van der Waals surface area (Å²) in [6.45, 7) is 0. The van der Waals surface area contributed by atoms with Gasteiger partial charge in [0.05, 0.1) is 23.9 Å². The van der Waals surface area contributed by atoms with Crippen molar-refractivity contribution in [3.8, 4) is 11.3 Å². The smallest absolute Gasteiger partial charge is 0.419 e. The predicted octanol–water partition coefficient (Wildman–Crippen LogP) is 4.14. The third-order valence-corrected chi connectivity index (χ3v) is 4.99. The number of nitrogens with zero attached hydrogens (tertiary/aromatic N) is 1. The minimum absolute atomic E-state index is 0.0456. The molecule has 0 aliphatic carbocycles. The zero-order valence-electron chi connectivity index (χ0n) is 16.2.